The highest BCUT2D eigenvalue weighted by molar-refractivity contribution is 5.91. The van der Waals surface area contributed by atoms with Crippen LogP contribution < -0.4 is 15.8 Å². The van der Waals surface area contributed by atoms with Gasteiger partial charge in [0.1, 0.15) is 5.75 Å². The molecule has 0 aromatic heterocycles. The zero-order valence-electron chi connectivity index (χ0n) is 9.69. The number of hydrogen-bond donors (Lipinski definition) is 2. The summed E-state index contributed by atoms with van der Waals surface area (Å²) in [6.07, 6.45) is 0.327. The van der Waals surface area contributed by atoms with Crippen molar-refractivity contribution < 1.29 is 9.53 Å². The summed E-state index contributed by atoms with van der Waals surface area (Å²) in [5, 5.41) is 2.77. The molecule has 0 aliphatic carbocycles. The van der Waals surface area contributed by atoms with Crippen molar-refractivity contribution >= 4 is 11.6 Å². The Labute approximate surface area is 95.8 Å². The average molecular weight is 222 g/mol. The molecule has 1 aromatic carbocycles. The quantitative estimate of drug-likeness (QED) is 0.798. The molecule has 88 valence electrons. The Morgan fingerprint density at radius 1 is 1.44 bits per heavy atom. The van der Waals surface area contributed by atoms with Gasteiger partial charge in [-0.1, -0.05) is 0 Å². The van der Waals surface area contributed by atoms with E-state index >= 15 is 0 Å². The lowest BCUT2D eigenvalue weighted by atomic mass is 10.2. The molecule has 1 amide bonds. The number of anilines is 1. The Morgan fingerprint density at radius 3 is 2.56 bits per heavy atom. The van der Waals surface area contributed by atoms with Crippen LogP contribution in [0.1, 0.15) is 20.3 Å². The number of nitrogens with one attached hydrogen (secondary N) is 1. The van der Waals surface area contributed by atoms with Gasteiger partial charge in [-0.05, 0) is 38.1 Å². The average Bonchev–Trinajstić information content (AvgIpc) is 2.20. The van der Waals surface area contributed by atoms with E-state index < -0.39 is 0 Å². The third-order valence-electron chi connectivity index (χ3n) is 1.96. The summed E-state index contributed by atoms with van der Waals surface area (Å²) in [6.45, 7) is 4.37. The van der Waals surface area contributed by atoms with E-state index in [1.807, 2.05) is 31.2 Å². The summed E-state index contributed by atoms with van der Waals surface area (Å²) in [7, 11) is 0. The third kappa shape index (κ3) is 4.31. The van der Waals surface area contributed by atoms with Crippen LogP contribution in [0.15, 0.2) is 24.3 Å². The smallest absolute Gasteiger partial charge is 0.225 e. The van der Waals surface area contributed by atoms with Gasteiger partial charge in [0.15, 0.2) is 0 Å². The fraction of sp³-hybridized carbons (Fsp3) is 0.417. The Kier molecular flexibility index (Phi) is 4.79. The molecule has 0 bridgehead atoms. The highest BCUT2D eigenvalue weighted by Crippen LogP contribution is 2.15. The lowest BCUT2D eigenvalue weighted by molar-refractivity contribution is -0.116. The molecule has 0 heterocycles. The van der Waals surface area contributed by atoms with Crippen LogP contribution in [-0.2, 0) is 4.79 Å². The van der Waals surface area contributed by atoms with Gasteiger partial charge >= 0.3 is 0 Å². The predicted octanol–water partition coefficient (Wildman–Crippen LogP) is 1.76. The predicted molar refractivity (Wildman–Crippen MR) is 64.5 cm³/mol. The van der Waals surface area contributed by atoms with E-state index in [1.165, 1.54) is 0 Å². The van der Waals surface area contributed by atoms with Gasteiger partial charge in [0, 0.05) is 18.2 Å². The second-order valence-corrected chi connectivity index (χ2v) is 3.69. The fourth-order valence-electron chi connectivity index (χ4n) is 1.31. The molecule has 0 fully saturated rings. The molecule has 3 N–H and O–H groups in total. The molecule has 1 aromatic rings. The second-order valence-electron chi connectivity index (χ2n) is 3.69. The van der Waals surface area contributed by atoms with E-state index in [1.54, 1.807) is 6.92 Å². The van der Waals surface area contributed by atoms with Crippen molar-refractivity contribution in [3.63, 3.8) is 0 Å². The number of rotatable bonds is 5. The minimum absolute atomic E-state index is 0.0702. The summed E-state index contributed by atoms with van der Waals surface area (Å²) in [4.78, 5) is 11.4. The van der Waals surface area contributed by atoms with Gasteiger partial charge in [0.2, 0.25) is 5.91 Å². The van der Waals surface area contributed by atoms with Crippen LogP contribution >= 0.6 is 0 Å². The van der Waals surface area contributed by atoms with Crippen LogP contribution in [0.25, 0.3) is 0 Å². The second kappa shape index (κ2) is 6.12. The first kappa shape index (κ1) is 12.5. The standard InChI is InChI=1S/C12H18N2O2/c1-3-16-11-6-4-10(5-7-11)14-12(15)8-9(2)13/h4-7,9H,3,8,13H2,1-2H3,(H,14,15). The van der Waals surface area contributed by atoms with Crippen molar-refractivity contribution in [1.82, 2.24) is 0 Å². The molecule has 1 unspecified atom stereocenters. The number of amides is 1. The number of carbonyl (C=O) groups is 1. The number of carbonyl (C=O) groups excluding carboxylic acids is 1. The van der Waals surface area contributed by atoms with Gasteiger partial charge < -0.3 is 15.8 Å². The van der Waals surface area contributed by atoms with Gasteiger partial charge in [-0.2, -0.15) is 0 Å². The zero-order valence-corrected chi connectivity index (χ0v) is 9.69. The fourth-order valence-corrected chi connectivity index (χ4v) is 1.31. The Hall–Kier alpha value is -1.55. The van der Waals surface area contributed by atoms with Crippen LogP contribution in [0.2, 0.25) is 0 Å². The third-order valence-corrected chi connectivity index (χ3v) is 1.96. The Balaban J connectivity index is 2.51. The van der Waals surface area contributed by atoms with Crippen LogP contribution in [-0.4, -0.2) is 18.6 Å². The summed E-state index contributed by atoms with van der Waals surface area (Å²) in [5.41, 5.74) is 6.29. The molecule has 0 saturated carbocycles. The summed E-state index contributed by atoms with van der Waals surface area (Å²) < 4.78 is 5.30. The molecular weight excluding hydrogens is 204 g/mol. The lowest BCUT2D eigenvalue weighted by Gasteiger charge is -2.08. The number of benzene rings is 1. The SMILES string of the molecule is CCOc1ccc(NC(=O)CC(C)N)cc1. The van der Waals surface area contributed by atoms with E-state index in [0.717, 1.165) is 11.4 Å². The van der Waals surface area contributed by atoms with E-state index in [-0.39, 0.29) is 11.9 Å². The molecular formula is C12H18N2O2. The monoisotopic (exact) mass is 222 g/mol. The van der Waals surface area contributed by atoms with Crippen molar-refractivity contribution in [2.24, 2.45) is 5.73 Å². The van der Waals surface area contributed by atoms with E-state index in [4.69, 9.17) is 10.5 Å². The molecule has 0 saturated heterocycles. The Morgan fingerprint density at radius 2 is 2.06 bits per heavy atom. The highest BCUT2D eigenvalue weighted by atomic mass is 16.5. The van der Waals surface area contributed by atoms with Crippen molar-refractivity contribution in [2.75, 3.05) is 11.9 Å². The first-order valence-electron chi connectivity index (χ1n) is 5.40. The molecule has 0 spiro atoms. The summed E-state index contributed by atoms with van der Waals surface area (Å²) in [6, 6.07) is 7.15. The lowest BCUT2D eigenvalue weighted by Crippen LogP contribution is -2.23. The van der Waals surface area contributed by atoms with Crippen molar-refractivity contribution in [3.8, 4) is 5.75 Å². The summed E-state index contributed by atoms with van der Waals surface area (Å²) in [5.74, 6) is 0.729. The number of nitrogens with two attached hydrogens (primary N) is 1. The highest BCUT2D eigenvalue weighted by Gasteiger charge is 2.05. The maximum atomic E-state index is 11.4. The van der Waals surface area contributed by atoms with Gasteiger partial charge in [-0.15, -0.1) is 0 Å². The summed E-state index contributed by atoms with van der Waals surface area (Å²) >= 11 is 0. The van der Waals surface area contributed by atoms with Gasteiger partial charge in [-0.3, -0.25) is 4.79 Å². The van der Waals surface area contributed by atoms with E-state index in [0.29, 0.717) is 13.0 Å². The first-order valence-corrected chi connectivity index (χ1v) is 5.40. The topological polar surface area (TPSA) is 64.3 Å². The number of hydrogen-bond acceptors (Lipinski definition) is 3. The van der Waals surface area contributed by atoms with E-state index in [2.05, 4.69) is 5.32 Å². The Bertz CT molecular complexity index is 333. The number of ether oxygens (including phenoxy) is 1. The van der Waals surface area contributed by atoms with Gasteiger partial charge in [0.25, 0.3) is 0 Å². The molecule has 4 nitrogen and oxygen atoms in total. The zero-order chi connectivity index (χ0) is 12.0. The molecule has 1 atom stereocenters. The normalized spacial score (nSPS) is 11.9. The molecule has 0 aliphatic rings. The molecule has 1 rings (SSSR count). The van der Waals surface area contributed by atoms with E-state index in [9.17, 15) is 4.79 Å². The molecule has 16 heavy (non-hydrogen) atoms. The van der Waals surface area contributed by atoms with Crippen LogP contribution in [0.5, 0.6) is 5.75 Å². The largest absolute Gasteiger partial charge is 0.494 e. The van der Waals surface area contributed by atoms with Crippen molar-refractivity contribution in [3.05, 3.63) is 24.3 Å². The molecule has 0 aliphatic heterocycles. The van der Waals surface area contributed by atoms with Gasteiger partial charge in [-0.25, -0.2) is 0 Å². The van der Waals surface area contributed by atoms with Crippen LogP contribution in [0.4, 0.5) is 5.69 Å². The maximum absolute atomic E-state index is 11.4. The maximum Gasteiger partial charge on any atom is 0.225 e. The molecule has 4 heteroatoms. The minimum Gasteiger partial charge on any atom is -0.494 e. The first-order chi connectivity index (χ1) is 7.61. The van der Waals surface area contributed by atoms with Crippen molar-refractivity contribution in [1.29, 1.82) is 0 Å². The van der Waals surface area contributed by atoms with Crippen molar-refractivity contribution in [2.45, 2.75) is 26.3 Å². The minimum atomic E-state index is -0.123. The van der Waals surface area contributed by atoms with Gasteiger partial charge in [0.05, 0.1) is 6.61 Å². The van der Waals surface area contributed by atoms with Crippen LogP contribution in [0, 0.1) is 0 Å². The molecule has 0 radical (unpaired) electrons. The van der Waals surface area contributed by atoms with Crippen LogP contribution in [0.3, 0.4) is 0 Å².